The van der Waals surface area contributed by atoms with Gasteiger partial charge in [-0.1, -0.05) is 86.6 Å². The molecule has 42 heavy (non-hydrogen) atoms. The Hall–Kier alpha value is -4.43. The van der Waals surface area contributed by atoms with E-state index >= 15 is 0 Å². The average Bonchev–Trinajstić information content (AvgIpc) is 2.98. The molecule has 8 nitrogen and oxygen atoms in total. The first kappa shape index (κ1) is 30.5. The van der Waals surface area contributed by atoms with E-state index in [0.29, 0.717) is 12.2 Å². The van der Waals surface area contributed by atoms with Crippen LogP contribution in [0.1, 0.15) is 30.5 Å². The summed E-state index contributed by atoms with van der Waals surface area (Å²) < 4.78 is 6.38. The highest BCUT2D eigenvalue weighted by Crippen LogP contribution is 2.21. The summed E-state index contributed by atoms with van der Waals surface area (Å²) in [5.74, 6) is -0.732. The number of ether oxygens (including phenoxy) is 1. The van der Waals surface area contributed by atoms with Crippen LogP contribution in [0.5, 0.6) is 5.75 Å². The first-order chi connectivity index (χ1) is 20.2. The van der Waals surface area contributed by atoms with Gasteiger partial charge in [-0.05, 0) is 61.3 Å². The van der Waals surface area contributed by atoms with Crippen LogP contribution in [0.25, 0.3) is 6.08 Å². The third-order valence-electron chi connectivity index (χ3n) is 7.33. The van der Waals surface area contributed by atoms with Crippen LogP contribution in [-0.2, 0) is 27.2 Å². The summed E-state index contributed by atoms with van der Waals surface area (Å²) >= 11 is 0. The Morgan fingerprint density at radius 2 is 1.50 bits per heavy atom. The number of hydrogen-bond donors (Lipinski definition) is 3. The van der Waals surface area contributed by atoms with E-state index in [-0.39, 0.29) is 24.2 Å². The second kappa shape index (κ2) is 14.5. The van der Waals surface area contributed by atoms with Crippen molar-refractivity contribution in [2.75, 3.05) is 14.1 Å². The van der Waals surface area contributed by atoms with E-state index in [0.717, 1.165) is 16.7 Å². The Balaban J connectivity index is 1.69. The lowest BCUT2D eigenvalue weighted by Crippen LogP contribution is -2.62. The Morgan fingerprint density at radius 3 is 2.10 bits per heavy atom. The normalized spacial score (nSPS) is 19.9. The molecule has 0 saturated carbocycles. The van der Waals surface area contributed by atoms with Crippen LogP contribution >= 0.6 is 0 Å². The van der Waals surface area contributed by atoms with Crippen LogP contribution in [-0.4, -0.2) is 60.9 Å². The van der Waals surface area contributed by atoms with Gasteiger partial charge >= 0.3 is 0 Å². The number of nitrogens with one attached hydrogen (secondary N) is 3. The van der Waals surface area contributed by atoms with Gasteiger partial charge in [0.15, 0.2) is 0 Å². The van der Waals surface area contributed by atoms with Crippen molar-refractivity contribution in [2.24, 2.45) is 5.92 Å². The van der Waals surface area contributed by atoms with Crippen molar-refractivity contribution in [3.05, 3.63) is 108 Å². The third kappa shape index (κ3) is 8.30. The summed E-state index contributed by atoms with van der Waals surface area (Å²) in [6.45, 7) is 3.89. The summed E-state index contributed by atoms with van der Waals surface area (Å²) in [6, 6.07) is 24.1. The van der Waals surface area contributed by atoms with Gasteiger partial charge in [-0.25, -0.2) is 0 Å². The van der Waals surface area contributed by atoms with Crippen LogP contribution in [0, 0.1) is 5.92 Å². The topological polar surface area (TPSA) is 99.8 Å². The van der Waals surface area contributed by atoms with Gasteiger partial charge in [0.25, 0.3) is 0 Å². The van der Waals surface area contributed by atoms with Gasteiger partial charge < -0.3 is 20.7 Å². The molecule has 0 radical (unpaired) electrons. The minimum atomic E-state index is -1.07. The highest BCUT2D eigenvalue weighted by atomic mass is 16.5. The standard InChI is InChI=1S/C34H40N4O4/c1-23(2)31-30(37-33(40)29(38(3)4)22-26-13-9-6-10-14-26)34(41)36-28(21-25-11-7-5-8-12-25)32(39)35-20-19-24-15-17-27(42-31)18-16-24/h5-20,23,28-31H,21-22H2,1-4H3,(H,35,39)(H,36,41)(H,37,40)/t28-,29-,30-,31+/m0/s1. The Bertz CT molecular complexity index is 1360. The summed E-state index contributed by atoms with van der Waals surface area (Å²) in [7, 11) is 3.68. The molecule has 8 heteroatoms. The maximum absolute atomic E-state index is 14.1. The SMILES string of the molecule is CC(C)[C@H]1Oc2ccc(cc2)C=CNC(=O)[C@H](Cc2ccccc2)NC(=O)[C@H]1NC(=O)[C@H](Cc1ccccc1)N(C)C. The van der Waals surface area contributed by atoms with Gasteiger partial charge in [0.1, 0.15) is 23.9 Å². The van der Waals surface area contributed by atoms with Crippen molar-refractivity contribution in [1.29, 1.82) is 0 Å². The summed E-state index contributed by atoms with van der Waals surface area (Å²) in [5, 5.41) is 8.74. The second-order valence-corrected chi connectivity index (χ2v) is 11.1. The largest absolute Gasteiger partial charge is 0.487 e. The highest BCUT2D eigenvalue weighted by Gasteiger charge is 2.37. The molecule has 3 N–H and O–H groups in total. The summed E-state index contributed by atoms with van der Waals surface area (Å²) in [6.07, 6.45) is 3.39. The molecule has 0 saturated heterocycles. The molecular weight excluding hydrogens is 528 g/mol. The number of carbonyl (C=O) groups is 3. The monoisotopic (exact) mass is 568 g/mol. The molecule has 4 atom stereocenters. The molecule has 0 spiro atoms. The van der Waals surface area contributed by atoms with Crippen molar-refractivity contribution in [3.63, 3.8) is 0 Å². The highest BCUT2D eigenvalue weighted by molar-refractivity contribution is 5.94. The Kier molecular flexibility index (Phi) is 10.5. The van der Waals surface area contributed by atoms with Gasteiger partial charge in [0.05, 0.1) is 6.04 Å². The molecule has 2 aliphatic rings. The first-order valence-electron chi connectivity index (χ1n) is 14.3. The lowest BCUT2D eigenvalue weighted by Gasteiger charge is -2.33. The number of fused-ring (bicyclic) bond motifs is 10. The second-order valence-electron chi connectivity index (χ2n) is 11.1. The van der Waals surface area contributed by atoms with Crippen molar-refractivity contribution in [2.45, 2.75) is 50.9 Å². The molecule has 2 aliphatic heterocycles. The smallest absolute Gasteiger partial charge is 0.247 e. The van der Waals surface area contributed by atoms with E-state index in [1.807, 2.05) is 118 Å². The lowest BCUT2D eigenvalue weighted by atomic mass is 9.96. The Labute approximate surface area is 248 Å². The van der Waals surface area contributed by atoms with Crippen LogP contribution in [0.15, 0.2) is 91.1 Å². The number of rotatable bonds is 8. The van der Waals surface area contributed by atoms with E-state index in [4.69, 9.17) is 4.74 Å². The molecule has 0 fully saturated rings. The molecule has 0 aliphatic carbocycles. The van der Waals surface area contributed by atoms with E-state index in [1.165, 1.54) is 0 Å². The minimum Gasteiger partial charge on any atom is -0.487 e. The number of likely N-dealkylation sites (N-methyl/N-ethyl adjacent to an activating group) is 1. The molecule has 0 aromatic heterocycles. The first-order valence-corrected chi connectivity index (χ1v) is 14.3. The minimum absolute atomic E-state index is 0.151. The fourth-order valence-corrected chi connectivity index (χ4v) is 4.94. The van der Waals surface area contributed by atoms with E-state index in [2.05, 4.69) is 16.0 Å². The predicted octanol–water partition coefficient (Wildman–Crippen LogP) is 3.58. The van der Waals surface area contributed by atoms with E-state index in [9.17, 15) is 14.4 Å². The molecule has 5 rings (SSSR count). The van der Waals surface area contributed by atoms with Crippen LogP contribution in [0.4, 0.5) is 0 Å². The van der Waals surface area contributed by atoms with Crippen molar-refractivity contribution >= 4 is 23.8 Å². The Morgan fingerprint density at radius 1 is 0.881 bits per heavy atom. The van der Waals surface area contributed by atoms with E-state index in [1.54, 1.807) is 12.3 Å². The fraction of sp³-hybridized carbons (Fsp3) is 0.324. The molecule has 2 bridgehead atoms. The van der Waals surface area contributed by atoms with Crippen molar-refractivity contribution in [3.8, 4) is 5.75 Å². The van der Waals surface area contributed by atoms with Gasteiger partial charge in [-0.15, -0.1) is 0 Å². The van der Waals surface area contributed by atoms with Crippen LogP contribution in [0.2, 0.25) is 0 Å². The maximum Gasteiger partial charge on any atom is 0.247 e. The lowest BCUT2D eigenvalue weighted by molar-refractivity contribution is -0.136. The van der Waals surface area contributed by atoms with Crippen molar-refractivity contribution < 1.29 is 19.1 Å². The van der Waals surface area contributed by atoms with Gasteiger partial charge in [0, 0.05) is 12.6 Å². The third-order valence-corrected chi connectivity index (χ3v) is 7.33. The zero-order valence-electron chi connectivity index (χ0n) is 24.6. The fourth-order valence-electron chi connectivity index (χ4n) is 4.94. The molecule has 220 valence electrons. The number of amides is 3. The number of benzene rings is 3. The molecule has 2 heterocycles. The van der Waals surface area contributed by atoms with Gasteiger partial charge in [0.2, 0.25) is 17.7 Å². The van der Waals surface area contributed by atoms with Crippen LogP contribution in [0.3, 0.4) is 0 Å². The summed E-state index contributed by atoms with van der Waals surface area (Å²) in [5.41, 5.74) is 2.78. The average molecular weight is 569 g/mol. The predicted molar refractivity (Wildman–Crippen MR) is 165 cm³/mol. The quantitative estimate of drug-likeness (QED) is 0.386. The zero-order valence-corrected chi connectivity index (χ0v) is 24.6. The molecule has 0 unspecified atom stereocenters. The van der Waals surface area contributed by atoms with Crippen LogP contribution < -0.4 is 20.7 Å². The number of nitrogens with zero attached hydrogens (tertiary/aromatic N) is 1. The van der Waals surface area contributed by atoms with Gasteiger partial charge in [-0.2, -0.15) is 0 Å². The maximum atomic E-state index is 14.1. The number of carbonyl (C=O) groups excluding carboxylic acids is 3. The molecule has 3 amide bonds. The van der Waals surface area contributed by atoms with E-state index < -0.39 is 30.1 Å². The summed E-state index contributed by atoms with van der Waals surface area (Å²) in [4.78, 5) is 43.1. The molecular formula is C34H40N4O4. The molecule has 3 aromatic rings. The number of hydrogen-bond acceptors (Lipinski definition) is 5. The zero-order chi connectivity index (χ0) is 30.1. The molecule has 3 aromatic carbocycles. The van der Waals surface area contributed by atoms with Crippen molar-refractivity contribution in [1.82, 2.24) is 20.9 Å². The van der Waals surface area contributed by atoms with Gasteiger partial charge in [-0.3, -0.25) is 19.3 Å².